The van der Waals surface area contributed by atoms with Gasteiger partial charge >= 0.3 is 0 Å². The molecule has 3 heterocycles. The van der Waals surface area contributed by atoms with E-state index in [4.69, 9.17) is 0 Å². The molecule has 0 saturated heterocycles. The SMILES string of the molecule is CC(=O)NCc1ccc(-c2csc(NC(=O)Cc3ccsc3)n2)s1. The summed E-state index contributed by atoms with van der Waals surface area (Å²) in [5.74, 6) is -0.110. The van der Waals surface area contributed by atoms with Crippen LogP contribution in [0, 0.1) is 0 Å². The van der Waals surface area contributed by atoms with Gasteiger partial charge in [0.1, 0.15) is 0 Å². The fourth-order valence-corrected chi connectivity index (χ4v) is 4.39. The van der Waals surface area contributed by atoms with Crippen molar-refractivity contribution in [1.82, 2.24) is 10.3 Å². The molecular weight excluding hydrogens is 362 g/mol. The zero-order chi connectivity index (χ0) is 16.9. The summed E-state index contributed by atoms with van der Waals surface area (Å²) in [7, 11) is 0. The number of nitrogens with zero attached hydrogens (tertiary/aromatic N) is 1. The maximum Gasteiger partial charge on any atom is 0.230 e. The number of anilines is 1. The topological polar surface area (TPSA) is 71.1 Å². The van der Waals surface area contributed by atoms with Crippen LogP contribution in [0.3, 0.4) is 0 Å². The Morgan fingerprint density at radius 2 is 2.08 bits per heavy atom. The van der Waals surface area contributed by atoms with Crippen LogP contribution in [0.5, 0.6) is 0 Å². The van der Waals surface area contributed by atoms with Crippen LogP contribution in [0.15, 0.2) is 34.3 Å². The highest BCUT2D eigenvalue weighted by atomic mass is 32.1. The minimum atomic E-state index is -0.0631. The molecule has 0 spiro atoms. The van der Waals surface area contributed by atoms with Gasteiger partial charge in [-0.1, -0.05) is 0 Å². The molecule has 0 radical (unpaired) electrons. The van der Waals surface area contributed by atoms with Gasteiger partial charge in [0, 0.05) is 17.2 Å². The van der Waals surface area contributed by atoms with Crippen molar-refractivity contribution in [3.05, 3.63) is 44.8 Å². The molecule has 3 aromatic rings. The highest BCUT2D eigenvalue weighted by molar-refractivity contribution is 7.17. The first-order valence-electron chi connectivity index (χ1n) is 7.20. The van der Waals surface area contributed by atoms with Crippen LogP contribution in [0.25, 0.3) is 10.6 Å². The number of thiazole rings is 1. The fourth-order valence-electron chi connectivity index (χ4n) is 2.01. The number of rotatable bonds is 6. The molecule has 3 aromatic heterocycles. The van der Waals surface area contributed by atoms with Crippen molar-refractivity contribution in [2.24, 2.45) is 0 Å². The van der Waals surface area contributed by atoms with Crippen molar-refractivity contribution in [3.63, 3.8) is 0 Å². The summed E-state index contributed by atoms with van der Waals surface area (Å²) in [5, 5.41) is 12.1. The van der Waals surface area contributed by atoms with E-state index in [-0.39, 0.29) is 11.8 Å². The monoisotopic (exact) mass is 377 g/mol. The van der Waals surface area contributed by atoms with Gasteiger partial charge in [-0.15, -0.1) is 22.7 Å². The Hall–Kier alpha value is -2.03. The maximum atomic E-state index is 12.0. The lowest BCUT2D eigenvalue weighted by molar-refractivity contribution is -0.119. The lowest BCUT2D eigenvalue weighted by Crippen LogP contribution is -2.17. The minimum Gasteiger partial charge on any atom is -0.351 e. The first-order valence-corrected chi connectivity index (χ1v) is 9.84. The van der Waals surface area contributed by atoms with Gasteiger partial charge in [-0.25, -0.2) is 4.98 Å². The Morgan fingerprint density at radius 1 is 1.21 bits per heavy atom. The molecule has 0 aliphatic rings. The van der Waals surface area contributed by atoms with Crippen LogP contribution in [0.1, 0.15) is 17.4 Å². The van der Waals surface area contributed by atoms with Crippen LogP contribution in [0.4, 0.5) is 5.13 Å². The van der Waals surface area contributed by atoms with E-state index in [1.54, 1.807) is 22.7 Å². The number of thiophene rings is 2. The lowest BCUT2D eigenvalue weighted by Gasteiger charge is -1.99. The summed E-state index contributed by atoms with van der Waals surface area (Å²) in [5.41, 5.74) is 1.85. The van der Waals surface area contributed by atoms with Crippen LogP contribution >= 0.6 is 34.0 Å². The molecule has 0 aliphatic heterocycles. The molecule has 0 aliphatic carbocycles. The van der Waals surface area contributed by atoms with Gasteiger partial charge in [0.05, 0.1) is 23.5 Å². The Balaban J connectivity index is 1.60. The predicted molar refractivity (Wildman–Crippen MR) is 99.6 cm³/mol. The van der Waals surface area contributed by atoms with Gasteiger partial charge in [-0.3, -0.25) is 9.59 Å². The molecule has 5 nitrogen and oxygen atoms in total. The summed E-state index contributed by atoms with van der Waals surface area (Å²) < 4.78 is 0. The number of carbonyl (C=O) groups excluding carboxylic acids is 2. The first kappa shape index (κ1) is 16.8. The average molecular weight is 378 g/mol. The van der Waals surface area contributed by atoms with Crippen molar-refractivity contribution in [1.29, 1.82) is 0 Å². The minimum absolute atomic E-state index is 0.0470. The van der Waals surface area contributed by atoms with Crippen molar-refractivity contribution in [3.8, 4) is 10.6 Å². The zero-order valence-corrected chi connectivity index (χ0v) is 15.3. The van der Waals surface area contributed by atoms with E-state index >= 15 is 0 Å². The van der Waals surface area contributed by atoms with Gasteiger partial charge in [-0.2, -0.15) is 11.3 Å². The molecule has 0 atom stereocenters. The quantitative estimate of drug-likeness (QED) is 0.687. The van der Waals surface area contributed by atoms with Gasteiger partial charge < -0.3 is 10.6 Å². The molecule has 124 valence electrons. The molecule has 2 N–H and O–H groups in total. The van der Waals surface area contributed by atoms with E-state index in [1.807, 2.05) is 34.3 Å². The molecule has 0 bridgehead atoms. The first-order chi connectivity index (χ1) is 11.6. The van der Waals surface area contributed by atoms with Gasteiger partial charge in [0.25, 0.3) is 0 Å². The van der Waals surface area contributed by atoms with Crippen molar-refractivity contribution >= 4 is 51.0 Å². The van der Waals surface area contributed by atoms with E-state index in [1.165, 1.54) is 18.3 Å². The number of hydrogen-bond acceptors (Lipinski definition) is 6. The molecule has 2 amide bonds. The lowest BCUT2D eigenvalue weighted by atomic mass is 10.2. The molecule has 8 heteroatoms. The van der Waals surface area contributed by atoms with Crippen molar-refractivity contribution in [2.75, 3.05) is 5.32 Å². The second-order valence-corrected chi connectivity index (χ2v) is 7.88. The largest absolute Gasteiger partial charge is 0.351 e. The van der Waals surface area contributed by atoms with E-state index in [9.17, 15) is 9.59 Å². The highest BCUT2D eigenvalue weighted by Crippen LogP contribution is 2.30. The van der Waals surface area contributed by atoms with Gasteiger partial charge in [-0.05, 0) is 34.5 Å². The Kier molecular flexibility index (Phi) is 5.39. The van der Waals surface area contributed by atoms with Crippen molar-refractivity contribution in [2.45, 2.75) is 19.9 Å². The fraction of sp³-hybridized carbons (Fsp3) is 0.188. The Morgan fingerprint density at radius 3 is 2.83 bits per heavy atom. The second-order valence-electron chi connectivity index (χ2n) is 5.07. The number of amides is 2. The molecule has 0 aromatic carbocycles. The normalized spacial score (nSPS) is 10.5. The average Bonchev–Trinajstić information content (AvgIpc) is 3.26. The van der Waals surface area contributed by atoms with E-state index in [2.05, 4.69) is 15.6 Å². The van der Waals surface area contributed by atoms with Gasteiger partial charge in [0.15, 0.2) is 5.13 Å². The summed E-state index contributed by atoms with van der Waals surface area (Å²) in [6.45, 7) is 2.02. The number of hydrogen-bond donors (Lipinski definition) is 2. The second kappa shape index (κ2) is 7.69. The van der Waals surface area contributed by atoms with Crippen LogP contribution < -0.4 is 10.6 Å². The van der Waals surface area contributed by atoms with Crippen LogP contribution in [0.2, 0.25) is 0 Å². The molecule has 24 heavy (non-hydrogen) atoms. The highest BCUT2D eigenvalue weighted by Gasteiger charge is 2.11. The predicted octanol–water partition coefficient (Wildman–Crippen LogP) is 3.75. The summed E-state index contributed by atoms with van der Waals surface area (Å²) in [6.07, 6.45) is 0.359. The molecule has 3 rings (SSSR count). The number of aromatic nitrogens is 1. The van der Waals surface area contributed by atoms with Crippen LogP contribution in [-0.4, -0.2) is 16.8 Å². The van der Waals surface area contributed by atoms with Crippen molar-refractivity contribution < 1.29 is 9.59 Å². The van der Waals surface area contributed by atoms with E-state index < -0.39 is 0 Å². The van der Waals surface area contributed by atoms with Gasteiger partial charge in [0.2, 0.25) is 11.8 Å². The van der Waals surface area contributed by atoms with E-state index in [0.29, 0.717) is 18.1 Å². The summed E-state index contributed by atoms with van der Waals surface area (Å²) >= 11 is 4.57. The summed E-state index contributed by atoms with van der Waals surface area (Å²) in [4.78, 5) is 29.5. The molecular formula is C16H15N3O2S3. The Bertz CT molecular complexity index is 837. The third-order valence-electron chi connectivity index (χ3n) is 3.12. The number of carbonyl (C=O) groups is 2. The third-order valence-corrected chi connectivity index (χ3v) is 5.72. The standard InChI is InChI=1S/C16H15N3O2S3/c1-10(20)17-7-12-2-3-14(24-12)13-9-23-16(18-13)19-15(21)6-11-4-5-22-8-11/h2-5,8-9H,6-7H2,1H3,(H,17,20)(H,18,19,21). The summed E-state index contributed by atoms with van der Waals surface area (Å²) in [6, 6.07) is 5.90. The Labute approximate surface area is 151 Å². The zero-order valence-electron chi connectivity index (χ0n) is 12.9. The molecule has 0 saturated carbocycles. The van der Waals surface area contributed by atoms with Crippen LogP contribution in [-0.2, 0) is 22.6 Å². The van der Waals surface area contributed by atoms with E-state index in [0.717, 1.165) is 21.0 Å². The molecule has 0 unspecified atom stereocenters. The third kappa shape index (κ3) is 4.50. The maximum absolute atomic E-state index is 12.0. The molecule has 0 fully saturated rings. The smallest absolute Gasteiger partial charge is 0.230 e. The number of nitrogens with one attached hydrogen (secondary N) is 2.